The molecule has 7 heteroatoms. The highest BCUT2D eigenvalue weighted by atomic mass is 19.4. The number of carboxylic acids is 1. The molecule has 0 radical (unpaired) electrons. The molecule has 28 heavy (non-hydrogen) atoms. The van der Waals surface area contributed by atoms with Crippen LogP contribution < -0.4 is 5.32 Å². The molecule has 0 fully saturated rings. The number of carbonyl (C=O) groups is 2. The second-order valence-electron chi connectivity index (χ2n) is 6.86. The van der Waals surface area contributed by atoms with Crippen LogP contribution in [0.4, 0.5) is 13.2 Å². The Labute approximate surface area is 161 Å². The molecule has 150 valence electrons. The van der Waals surface area contributed by atoms with Gasteiger partial charge in [-0.1, -0.05) is 30.3 Å². The Hall–Kier alpha value is -2.83. The summed E-state index contributed by atoms with van der Waals surface area (Å²) in [5.74, 6) is -1.43. The first-order valence-corrected chi connectivity index (χ1v) is 8.78. The molecule has 2 aromatic rings. The van der Waals surface area contributed by atoms with Crippen molar-refractivity contribution in [1.29, 1.82) is 0 Å². The van der Waals surface area contributed by atoms with Crippen LogP contribution in [0.5, 0.6) is 0 Å². The van der Waals surface area contributed by atoms with E-state index in [0.29, 0.717) is 5.56 Å². The highest BCUT2D eigenvalue weighted by Gasteiger charge is 2.30. The Bertz CT molecular complexity index is 845. The molecule has 1 atom stereocenters. The molecule has 2 N–H and O–H groups in total. The number of halogens is 3. The van der Waals surface area contributed by atoms with Gasteiger partial charge in [0.15, 0.2) is 0 Å². The molecule has 0 saturated heterocycles. The predicted molar refractivity (Wildman–Crippen MR) is 99.0 cm³/mol. The Kier molecular flexibility index (Phi) is 6.83. The third-order valence-corrected chi connectivity index (χ3v) is 4.49. The van der Waals surface area contributed by atoms with Gasteiger partial charge < -0.3 is 10.4 Å². The summed E-state index contributed by atoms with van der Waals surface area (Å²) in [5.41, 5.74) is 2.71. The van der Waals surface area contributed by atoms with Crippen LogP contribution in [-0.4, -0.2) is 23.0 Å². The third-order valence-electron chi connectivity index (χ3n) is 4.49. The molecule has 0 aromatic heterocycles. The fourth-order valence-corrected chi connectivity index (χ4v) is 2.88. The molecule has 0 heterocycles. The van der Waals surface area contributed by atoms with Gasteiger partial charge in [0, 0.05) is 6.04 Å². The van der Waals surface area contributed by atoms with Crippen molar-refractivity contribution in [1.82, 2.24) is 5.32 Å². The van der Waals surface area contributed by atoms with E-state index in [1.165, 1.54) is 12.1 Å². The maximum Gasteiger partial charge on any atom is 0.416 e. The van der Waals surface area contributed by atoms with Crippen LogP contribution in [0, 0.1) is 13.8 Å². The van der Waals surface area contributed by atoms with E-state index in [2.05, 4.69) is 5.32 Å². The molecule has 2 aromatic carbocycles. The van der Waals surface area contributed by atoms with E-state index in [4.69, 9.17) is 5.11 Å². The van der Waals surface area contributed by atoms with Gasteiger partial charge in [0.2, 0.25) is 5.91 Å². The first-order valence-electron chi connectivity index (χ1n) is 8.78. The topological polar surface area (TPSA) is 66.4 Å². The second-order valence-corrected chi connectivity index (χ2v) is 6.86. The molecular formula is C21H22F3NO3. The van der Waals surface area contributed by atoms with Crippen LogP contribution in [0.1, 0.15) is 34.2 Å². The van der Waals surface area contributed by atoms with Crippen molar-refractivity contribution >= 4 is 11.9 Å². The minimum absolute atomic E-state index is 0.101. The predicted octanol–water partition coefficient (Wildman–Crippen LogP) is 4.07. The SMILES string of the molecule is Cc1ccc(CC(=O)N[C@H](CC(=O)O)Cc2ccc(C(F)(F)F)cc2)cc1C. The van der Waals surface area contributed by atoms with E-state index in [0.717, 1.165) is 28.8 Å². The van der Waals surface area contributed by atoms with Crippen LogP contribution in [0.25, 0.3) is 0 Å². The van der Waals surface area contributed by atoms with E-state index in [1.807, 2.05) is 32.0 Å². The number of benzene rings is 2. The Morgan fingerprint density at radius 1 is 1.00 bits per heavy atom. The number of aryl methyl sites for hydroxylation is 2. The molecule has 0 bridgehead atoms. The van der Waals surface area contributed by atoms with Gasteiger partial charge in [-0.15, -0.1) is 0 Å². The van der Waals surface area contributed by atoms with Crippen molar-refractivity contribution in [2.24, 2.45) is 0 Å². The van der Waals surface area contributed by atoms with Crippen molar-refractivity contribution in [2.45, 2.75) is 45.3 Å². The van der Waals surface area contributed by atoms with Crippen LogP contribution in [0.3, 0.4) is 0 Å². The number of carboxylic acid groups (broad SMARTS) is 1. The number of aliphatic carboxylic acids is 1. The largest absolute Gasteiger partial charge is 0.481 e. The molecule has 0 aliphatic heterocycles. The number of nitrogens with one attached hydrogen (secondary N) is 1. The zero-order valence-electron chi connectivity index (χ0n) is 15.6. The van der Waals surface area contributed by atoms with E-state index in [9.17, 15) is 22.8 Å². The summed E-state index contributed by atoms with van der Waals surface area (Å²) < 4.78 is 38.0. The van der Waals surface area contributed by atoms with Gasteiger partial charge in [0.25, 0.3) is 0 Å². The van der Waals surface area contributed by atoms with Crippen LogP contribution in [0.15, 0.2) is 42.5 Å². The maximum absolute atomic E-state index is 12.7. The Morgan fingerprint density at radius 3 is 2.14 bits per heavy atom. The van der Waals surface area contributed by atoms with Crippen molar-refractivity contribution in [3.05, 3.63) is 70.3 Å². The van der Waals surface area contributed by atoms with E-state index in [1.54, 1.807) is 0 Å². The summed E-state index contributed by atoms with van der Waals surface area (Å²) in [7, 11) is 0. The fourth-order valence-electron chi connectivity index (χ4n) is 2.88. The lowest BCUT2D eigenvalue weighted by atomic mass is 10.0. The lowest BCUT2D eigenvalue weighted by Crippen LogP contribution is -2.39. The zero-order chi connectivity index (χ0) is 20.9. The van der Waals surface area contributed by atoms with Crippen molar-refractivity contribution < 1.29 is 27.9 Å². The lowest BCUT2D eigenvalue weighted by molar-refractivity contribution is -0.138. The quantitative estimate of drug-likeness (QED) is 0.745. The number of alkyl halides is 3. The number of rotatable bonds is 7. The van der Waals surface area contributed by atoms with Crippen LogP contribution >= 0.6 is 0 Å². The van der Waals surface area contributed by atoms with E-state index >= 15 is 0 Å². The van der Waals surface area contributed by atoms with Crippen molar-refractivity contribution in [3.63, 3.8) is 0 Å². The highest BCUT2D eigenvalue weighted by molar-refractivity contribution is 5.79. The standard InChI is InChI=1S/C21H22F3NO3/c1-13-3-4-16(9-14(13)2)11-19(26)25-18(12-20(27)28)10-15-5-7-17(8-6-15)21(22,23)24/h3-9,18H,10-12H2,1-2H3,(H,25,26)(H,27,28)/t18-/m0/s1. The molecule has 0 spiro atoms. The summed E-state index contributed by atoms with van der Waals surface area (Å²) >= 11 is 0. The fraction of sp³-hybridized carbons (Fsp3) is 0.333. The first-order chi connectivity index (χ1) is 13.0. The smallest absolute Gasteiger partial charge is 0.416 e. The molecule has 4 nitrogen and oxygen atoms in total. The van der Waals surface area contributed by atoms with Gasteiger partial charge in [-0.3, -0.25) is 9.59 Å². The van der Waals surface area contributed by atoms with Gasteiger partial charge in [0.1, 0.15) is 0 Å². The normalized spacial score (nSPS) is 12.5. The monoisotopic (exact) mass is 393 g/mol. The Balaban J connectivity index is 2.05. The van der Waals surface area contributed by atoms with Crippen LogP contribution in [0.2, 0.25) is 0 Å². The van der Waals surface area contributed by atoms with E-state index < -0.39 is 23.8 Å². The lowest BCUT2D eigenvalue weighted by Gasteiger charge is -2.18. The van der Waals surface area contributed by atoms with Crippen molar-refractivity contribution in [2.75, 3.05) is 0 Å². The third kappa shape index (κ3) is 6.40. The van der Waals surface area contributed by atoms with Gasteiger partial charge >= 0.3 is 12.1 Å². The average molecular weight is 393 g/mol. The summed E-state index contributed by atoms with van der Waals surface area (Å²) in [6, 6.07) is 9.43. The number of amides is 1. The van der Waals surface area contributed by atoms with Crippen molar-refractivity contribution in [3.8, 4) is 0 Å². The maximum atomic E-state index is 12.7. The first kappa shape index (κ1) is 21.5. The van der Waals surface area contributed by atoms with Gasteiger partial charge in [-0.2, -0.15) is 13.2 Å². The minimum Gasteiger partial charge on any atom is -0.481 e. The van der Waals surface area contributed by atoms with Gasteiger partial charge in [-0.25, -0.2) is 0 Å². The molecule has 1 amide bonds. The number of hydrogen-bond donors (Lipinski definition) is 2. The molecule has 0 saturated carbocycles. The summed E-state index contributed by atoms with van der Waals surface area (Å²) in [6.07, 6.45) is -4.52. The molecule has 0 aliphatic rings. The molecular weight excluding hydrogens is 371 g/mol. The average Bonchev–Trinajstić information content (AvgIpc) is 2.57. The summed E-state index contributed by atoms with van der Waals surface area (Å²) in [5, 5.41) is 11.8. The summed E-state index contributed by atoms with van der Waals surface area (Å²) in [6.45, 7) is 3.90. The van der Waals surface area contributed by atoms with Crippen LogP contribution in [-0.2, 0) is 28.6 Å². The van der Waals surface area contributed by atoms with Gasteiger partial charge in [0.05, 0.1) is 18.4 Å². The zero-order valence-corrected chi connectivity index (χ0v) is 15.6. The highest BCUT2D eigenvalue weighted by Crippen LogP contribution is 2.29. The van der Waals surface area contributed by atoms with E-state index in [-0.39, 0.29) is 25.2 Å². The second kappa shape index (κ2) is 8.91. The molecule has 0 aliphatic carbocycles. The molecule has 2 rings (SSSR count). The number of carbonyl (C=O) groups excluding carboxylic acids is 1. The number of hydrogen-bond acceptors (Lipinski definition) is 2. The minimum atomic E-state index is -4.43. The molecule has 0 unspecified atom stereocenters. The summed E-state index contributed by atoms with van der Waals surface area (Å²) in [4.78, 5) is 23.4. The Morgan fingerprint density at radius 2 is 1.61 bits per heavy atom. The van der Waals surface area contributed by atoms with Gasteiger partial charge in [-0.05, 0) is 54.7 Å².